The lowest BCUT2D eigenvalue weighted by Crippen LogP contribution is -2.09. The molecule has 6 heteroatoms. The van der Waals surface area contributed by atoms with Gasteiger partial charge in [0.05, 0.1) is 0 Å². The Labute approximate surface area is 116 Å². The van der Waals surface area contributed by atoms with Gasteiger partial charge in [-0.05, 0) is 49.8 Å². The molecule has 0 saturated carbocycles. The van der Waals surface area contributed by atoms with Gasteiger partial charge in [0.1, 0.15) is 5.75 Å². The van der Waals surface area contributed by atoms with Crippen LogP contribution in [-0.2, 0) is 7.05 Å². The molecule has 96 valence electrons. The number of hydrogen-bond donors (Lipinski definition) is 1. The van der Waals surface area contributed by atoms with E-state index in [-0.39, 0.29) is 6.10 Å². The Morgan fingerprint density at radius 3 is 2.78 bits per heavy atom. The number of hydrogen-bond acceptors (Lipinski definition) is 3. The fourth-order valence-electron chi connectivity index (χ4n) is 1.67. The summed E-state index contributed by atoms with van der Waals surface area (Å²) in [4.78, 5) is 0. The van der Waals surface area contributed by atoms with E-state index in [2.05, 4.69) is 10.2 Å². The molecule has 0 amide bonds. The molecule has 2 rings (SSSR count). The number of ether oxygens (including phenoxy) is 1. The van der Waals surface area contributed by atoms with Gasteiger partial charge in [-0.3, -0.25) is 5.10 Å². The Morgan fingerprint density at radius 1 is 1.50 bits per heavy atom. The summed E-state index contributed by atoms with van der Waals surface area (Å²) in [5.74, 6) is 1.52. The van der Waals surface area contributed by atoms with Crippen LogP contribution < -0.4 is 4.74 Å². The first-order valence-electron chi connectivity index (χ1n) is 5.53. The topological polar surface area (TPSA) is 42.8 Å². The average Bonchev–Trinajstić information content (AvgIpc) is 2.65. The van der Waals surface area contributed by atoms with E-state index in [1.165, 1.54) is 0 Å². The number of H-pyrrole nitrogens is 1. The minimum absolute atomic E-state index is 0.191. The van der Waals surface area contributed by atoms with Gasteiger partial charge in [0.25, 0.3) is 0 Å². The lowest BCUT2D eigenvalue weighted by Gasteiger charge is -2.14. The van der Waals surface area contributed by atoms with E-state index in [9.17, 15) is 0 Å². The average molecular weight is 284 g/mol. The molecule has 1 heterocycles. The first-order valence-corrected chi connectivity index (χ1v) is 6.31. The smallest absolute Gasteiger partial charge is 0.195 e. The molecular formula is C12H14ClN3OS. The van der Waals surface area contributed by atoms with Crippen molar-refractivity contribution < 1.29 is 4.74 Å². The molecule has 0 aliphatic heterocycles. The van der Waals surface area contributed by atoms with Crippen molar-refractivity contribution in [2.45, 2.75) is 20.0 Å². The number of nitrogens with zero attached hydrogens (tertiary/aromatic N) is 2. The van der Waals surface area contributed by atoms with Crippen molar-refractivity contribution in [2.75, 3.05) is 0 Å². The zero-order chi connectivity index (χ0) is 13.3. The standard InChI is InChI=1S/C12H14ClN3OS/c1-7-6-9(4-5-10(7)13)17-8(2)11-14-15-12(18)16(11)3/h4-6,8H,1-3H3,(H,15,18). The van der Waals surface area contributed by atoms with Gasteiger partial charge in [-0.2, -0.15) is 5.10 Å². The van der Waals surface area contributed by atoms with Crippen molar-refractivity contribution in [3.05, 3.63) is 39.4 Å². The van der Waals surface area contributed by atoms with Gasteiger partial charge in [-0.15, -0.1) is 0 Å². The van der Waals surface area contributed by atoms with Crippen LogP contribution >= 0.6 is 23.8 Å². The second kappa shape index (κ2) is 5.12. The summed E-state index contributed by atoms with van der Waals surface area (Å²) in [6.07, 6.45) is -0.191. The number of aromatic amines is 1. The predicted octanol–water partition coefficient (Wildman–Crippen LogP) is 3.58. The number of halogens is 1. The highest BCUT2D eigenvalue weighted by Crippen LogP contribution is 2.25. The summed E-state index contributed by atoms with van der Waals surface area (Å²) in [6.45, 7) is 3.87. The maximum atomic E-state index is 5.97. The second-order valence-electron chi connectivity index (χ2n) is 4.12. The van der Waals surface area contributed by atoms with Crippen LogP contribution in [0.15, 0.2) is 18.2 Å². The molecule has 0 aliphatic rings. The minimum atomic E-state index is -0.191. The molecule has 1 aromatic carbocycles. The summed E-state index contributed by atoms with van der Waals surface area (Å²) in [5.41, 5.74) is 0.983. The molecule has 18 heavy (non-hydrogen) atoms. The summed E-state index contributed by atoms with van der Waals surface area (Å²) in [7, 11) is 1.86. The van der Waals surface area contributed by atoms with Gasteiger partial charge in [0, 0.05) is 12.1 Å². The van der Waals surface area contributed by atoms with Crippen molar-refractivity contribution in [1.29, 1.82) is 0 Å². The molecule has 0 spiro atoms. The van der Waals surface area contributed by atoms with Gasteiger partial charge in [-0.25, -0.2) is 0 Å². The number of rotatable bonds is 3. The number of aromatic nitrogens is 3. The zero-order valence-electron chi connectivity index (χ0n) is 10.4. The normalized spacial score (nSPS) is 12.4. The van der Waals surface area contributed by atoms with Crippen LogP contribution in [0.1, 0.15) is 24.4 Å². The van der Waals surface area contributed by atoms with Crippen molar-refractivity contribution in [3.63, 3.8) is 0 Å². The van der Waals surface area contributed by atoms with Crippen LogP contribution in [0.4, 0.5) is 0 Å². The van der Waals surface area contributed by atoms with E-state index in [1.54, 1.807) is 4.57 Å². The Bertz CT molecular complexity index is 620. The van der Waals surface area contributed by atoms with Crippen LogP contribution in [0.3, 0.4) is 0 Å². The molecule has 0 bridgehead atoms. The van der Waals surface area contributed by atoms with E-state index in [4.69, 9.17) is 28.6 Å². The summed E-state index contributed by atoms with van der Waals surface area (Å²) in [5, 5.41) is 7.61. The van der Waals surface area contributed by atoms with Crippen LogP contribution in [0.5, 0.6) is 5.75 Å². The zero-order valence-corrected chi connectivity index (χ0v) is 12.0. The van der Waals surface area contributed by atoms with Gasteiger partial charge in [0.2, 0.25) is 0 Å². The van der Waals surface area contributed by atoms with Crippen molar-refractivity contribution in [1.82, 2.24) is 14.8 Å². The molecule has 1 N–H and O–H groups in total. The maximum Gasteiger partial charge on any atom is 0.195 e. The number of nitrogens with one attached hydrogen (secondary N) is 1. The largest absolute Gasteiger partial charge is 0.483 e. The second-order valence-corrected chi connectivity index (χ2v) is 4.91. The number of aryl methyl sites for hydroxylation is 1. The molecule has 2 aromatic rings. The summed E-state index contributed by atoms with van der Waals surface area (Å²) < 4.78 is 8.19. The molecule has 0 aliphatic carbocycles. The monoisotopic (exact) mass is 283 g/mol. The maximum absolute atomic E-state index is 5.97. The van der Waals surface area contributed by atoms with Crippen molar-refractivity contribution in [2.24, 2.45) is 7.05 Å². The van der Waals surface area contributed by atoms with E-state index < -0.39 is 0 Å². The van der Waals surface area contributed by atoms with E-state index >= 15 is 0 Å². The third kappa shape index (κ3) is 2.57. The van der Waals surface area contributed by atoms with Crippen LogP contribution in [-0.4, -0.2) is 14.8 Å². The highest BCUT2D eigenvalue weighted by molar-refractivity contribution is 7.71. The van der Waals surface area contributed by atoms with Crippen LogP contribution in [0, 0.1) is 11.7 Å². The van der Waals surface area contributed by atoms with Gasteiger partial charge < -0.3 is 9.30 Å². The molecule has 1 atom stereocenters. The molecule has 0 radical (unpaired) electrons. The Hall–Kier alpha value is -1.33. The van der Waals surface area contributed by atoms with Crippen LogP contribution in [0.2, 0.25) is 5.02 Å². The Kier molecular flexibility index (Phi) is 3.73. The van der Waals surface area contributed by atoms with Gasteiger partial charge >= 0.3 is 0 Å². The highest BCUT2D eigenvalue weighted by atomic mass is 35.5. The van der Waals surface area contributed by atoms with Gasteiger partial charge in [0.15, 0.2) is 16.7 Å². The fourth-order valence-corrected chi connectivity index (χ4v) is 1.93. The molecule has 0 fully saturated rings. The molecule has 4 nitrogen and oxygen atoms in total. The van der Waals surface area contributed by atoms with Crippen molar-refractivity contribution >= 4 is 23.8 Å². The van der Waals surface area contributed by atoms with E-state index in [0.717, 1.165) is 22.2 Å². The lowest BCUT2D eigenvalue weighted by molar-refractivity contribution is 0.212. The molecule has 1 unspecified atom stereocenters. The Morgan fingerprint density at radius 2 is 2.22 bits per heavy atom. The van der Waals surface area contributed by atoms with Crippen LogP contribution in [0.25, 0.3) is 0 Å². The first kappa shape index (κ1) is 13.1. The van der Waals surface area contributed by atoms with E-state index in [1.807, 2.05) is 39.1 Å². The van der Waals surface area contributed by atoms with Crippen molar-refractivity contribution in [3.8, 4) is 5.75 Å². The highest BCUT2D eigenvalue weighted by Gasteiger charge is 2.14. The molecule has 0 saturated heterocycles. The quantitative estimate of drug-likeness (QED) is 0.876. The summed E-state index contributed by atoms with van der Waals surface area (Å²) in [6, 6.07) is 5.56. The Balaban J connectivity index is 2.21. The fraction of sp³-hybridized carbons (Fsp3) is 0.333. The third-order valence-corrected chi connectivity index (χ3v) is 3.51. The van der Waals surface area contributed by atoms with Gasteiger partial charge in [-0.1, -0.05) is 11.6 Å². The first-order chi connectivity index (χ1) is 8.49. The molecular weight excluding hydrogens is 270 g/mol. The lowest BCUT2D eigenvalue weighted by atomic mass is 10.2. The summed E-state index contributed by atoms with van der Waals surface area (Å²) >= 11 is 11.0. The predicted molar refractivity (Wildman–Crippen MR) is 73.6 cm³/mol. The van der Waals surface area contributed by atoms with E-state index in [0.29, 0.717) is 4.77 Å². The minimum Gasteiger partial charge on any atom is -0.483 e. The third-order valence-electron chi connectivity index (χ3n) is 2.72. The SMILES string of the molecule is Cc1cc(OC(C)c2n[nH]c(=S)n2C)ccc1Cl. The molecule has 1 aromatic heterocycles. The number of benzene rings is 1.